The topological polar surface area (TPSA) is 82.1 Å². The molecule has 2 aliphatic heterocycles. The number of hydrogen-bond donors (Lipinski definition) is 1. The maximum absolute atomic E-state index is 12.5. The number of nitrogens with zero attached hydrogens (tertiary/aromatic N) is 3. The Kier molecular flexibility index (Phi) is 6.08. The minimum atomic E-state index is -3.66. The zero-order valence-corrected chi connectivity index (χ0v) is 15.9. The minimum Gasteiger partial charge on any atom is -0.349 e. The Morgan fingerprint density at radius 1 is 1.24 bits per heavy atom. The summed E-state index contributed by atoms with van der Waals surface area (Å²) >= 11 is 0. The van der Waals surface area contributed by atoms with Crippen LogP contribution in [0.1, 0.15) is 18.4 Å². The molecule has 2 heterocycles. The molecule has 0 spiro atoms. The van der Waals surface area contributed by atoms with Crippen LogP contribution in [0.2, 0.25) is 0 Å². The van der Waals surface area contributed by atoms with Gasteiger partial charge in [-0.15, -0.1) is 16.8 Å². The quantitative estimate of drug-likeness (QED) is 0.826. The van der Waals surface area contributed by atoms with E-state index in [4.69, 9.17) is 0 Å². The van der Waals surface area contributed by atoms with Crippen LogP contribution in [0.5, 0.6) is 0 Å². The molecule has 0 atom stereocenters. The fourth-order valence-corrected chi connectivity index (χ4v) is 4.40. The van der Waals surface area contributed by atoms with Crippen molar-refractivity contribution in [1.82, 2.24) is 15.1 Å². The number of amidine groups is 1. The van der Waals surface area contributed by atoms with E-state index >= 15 is 0 Å². The smallest absolute Gasteiger partial charge is 0.285 e. The van der Waals surface area contributed by atoms with E-state index in [1.54, 1.807) is 35.0 Å². The van der Waals surface area contributed by atoms with Crippen LogP contribution >= 0.6 is 12.4 Å². The number of likely N-dealkylation sites (N-methyl/N-ethyl adjacent to an activating group) is 2. The van der Waals surface area contributed by atoms with Gasteiger partial charge in [-0.2, -0.15) is 8.42 Å². The van der Waals surface area contributed by atoms with E-state index in [2.05, 4.69) is 9.71 Å². The van der Waals surface area contributed by atoms with E-state index in [1.807, 2.05) is 7.05 Å². The zero-order valence-electron chi connectivity index (χ0n) is 14.3. The number of benzene rings is 1. The van der Waals surface area contributed by atoms with Gasteiger partial charge in [0, 0.05) is 25.7 Å². The Hall–Kier alpha value is -1.64. The summed E-state index contributed by atoms with van der Waals surface area (Å²) in [5.74, 6) is 0.298. The lowest BCUT2D eigenvalue weighted by Crippen LogP contribution is -2.47. The van der Waals surface area contributed by atoms with Crippen LogP contribution in [0, 0.1) is 0 Å². The number of fused-ring (bicyclic) bond motifs is 1. The summed E-state index contributed by atoms with van der Waals surface area (Å²) in [6.07, 6.45) is 1.87. The van der Waals surface area contributed by atoms with Crippen LogP contribution in [-0.2, 0) is 14.8 Å². The molecule has 1 N–H and O–H groups in total. The number of carbonyl (C=O) groups excluding carboxylic acids is 1. The Balaban J connectivity index is 0.00000225. The predicted octanol–water partition coefficient (Wildman–Crippen LogP) is 0.700. The molecule has 0 bridgehead atoms. The predicted molar refractivity (Wildman–Crippen MR) is 98.7 cm³/mol. The Morgan fingerprint density at radius 2 is 1.88 bits per heavy atom. The second-order valence-corrected chi connectivity index (χ2v) is 7.80. The van der Waals surface area contributed by atoms with Crippen LogP contribution in [0.3, 0.4) is 0 Å². The van der Waals surface area contributed by atoms with Gasteiger partial charge in [0.2, 0.25) is 5.91 Å². The molecule has 0 unspecified atom stereocenters. The van der Waals surface area contributed by atoms with Gasteiger partial charge in [0.15, 0.2) is 5.84 Å². The molecule has 2 aliphatic rings. The molecule has 0 aliphatic carbocycles. The number of rotatable bonds is 3. The Labute approximate surface area is 154 Å². The molecule has 1 amide bonds. The summed E-state index contributed by atoms with van der Waals surface area (Å²) in [7, 11) is -0.151. The molecular weight excluding hydrogens is 364 g/mol. The summed E-state index contributed by atoms with van der Waals surface area (Å²) in [4.78, 5) is 16.1. The summed E-state index contributed by atoms with van der Waals surface area (Å²) in [5, 5.41) is 3.28. The van der Waals surface area contributed by atoms with Crippen molar-refractivity contribution in [2.24, 2.45) is 4.40 Å². The van der Waals surface area contributed by atoms with Crippen LogP contribution < -0.4 is 5.32 Å². The van der Waals surface area contributed by atoms with Crippen molar-refractivity contribution in [1.29, 1.82) is 0 Å². The fraction of sp³-hybridized carbons (Fsp3) is 0.500. The number of hydrogen-bond acceptors (Lipinski definition) is 5. The van der Waals surface area contributed by atoms with Gasteiger partial charge in [0.25, 0.3) is 10.0 Å². The molecule has 0 saturated carbocycles. The molecule has 138 valence electrons. The van der Waals surface area contributed by atoms with Gasteiger partial charge >= 0.3 is 0 Å². The van der Waals surface area contributed by atoms with E-state index < -0.39 is 10.0 Å². The minimum absolute atomic E-state index is 0. The second kappa shape index (κ2) is 7.72. The third-order valence-corrected chi connectivity index (χ3v) is 5.92. The van der Waals surface area contributed by atoms with E-state index in [-0.39, 0.29) is 35.8 Å². The number of amides is 1. The maximum atomic E-state index is 12.5. The molecule has 25 heavy (non-hydrogen) atoms. The van der Waals surface area contributed by atoms with Gasteiger partial charge in [-0.05, 0) is 38.1 Å². The third kappa shape index (κ3) is 3.96. The number of piperidine rings is 1. The van der Waals surface area contributed by atoms with Crippen molar-refractivity contribution in [2.45, 2.75) is 23.8 Å². The van der Waals surface area contributed by atoms with Gasteiger partial charge in [0.1, 0.15) is 4.90 Å². The highest BCUT2D eigenvalue weighted by Gasteiger charge is 2.31. The lowest BCUT2D eigenvalue weighted by atomic mass is 10.1. The molecule has 1 saturated heterocycles. The number of sulfonamides is 1. The number of halogens is 1. The first kappa shape index (κ1) is 19.7. The standard InChI is InChI=1S/C16H22N4O3S.ClH/c1-19(11-15(21)20(2)12-7-9-17-10-8-12)16-13-5-3-4-6-14(13)24(22,23)18-16;/h3-6,12,17H,7-11H2,1-2H3;1H. The van der Waals surface area contributed by atoms with Crippen molar-refractivity contribution in [3.8, 4) is 0 Å². The van der Waals surface area contributed by atoms with Gasteiger partial charge in [-0.25, -0.2) is 0 Å². The van der Waals surface area contributed by atoms with Gasteiger partial charge in [-0.3, -0.25) is 4.79 Å². The van der Waals surface area contributed by atoms with E-state index in [0.717, 1.165) is 25.9 Å². The first-order chi connectivity index (χ1) is 11.4. The monoisotopic (exact) mass is 386 g/mol. The van der Waals surface area contributed by atoms with Crippen molar-refractivity contribution in [2.75, 3.05) is 33.7 Å². The third-order valence-electron chi connectivity index (χ3n) is 4.60. The van der Waals surface area contributed by atoms with E-state index in [0.29, 0.717) is 11.4 Å². The average molecular weight is 387 g/mol. The van der Waals surface area contributed by atoms with Crippen LogP contribution in [-0.4, -0.2) is 69.7 Å². The Bertz CT molecular complexity index is 775. The summed E-state index contributed by atoms with van der Waals surface area (Å²) in [6.45, 7) is 1.93. The van der Waals surface area contributed by atoms with Crippen LogP contribution in [0.15, 0.2) is 33.6 Å². The second-order valence-electron chi connectivity index (χ2n) is 6.23. The molecular formula is C16H23ClN4O3S. The molecule has 9 heteroatoms. The molecule has 0 aromatic heterocycles. The molecule has 1 aromatic carbocycles. The average Bonchev–Trinajstić information content (AvgIpc) is 2.87. The number of nitrogens with one attached hydrogen (secondary N) is 1. The normalized spacial score (nSPS) is 18.7. The first-order valence-electron chi connectivity index (χ1n) is 8.02. The van der Waals surface area contributed by atoms with Gasteiger partial charge < -0.3 is 15.1 Å². The summed E-state index contributed by atoms with van der Waals surface area (Å²) in [6, 6.07) is 6.93. The fourth-order valence-electron chi connectivity index (χ4n) is 3.15. The molecule has 3 rings (SSSR count). The van der Waals surface area contributed by atoms with Crippen molar-refractivity contribution < 1.29 is 13.2 Å². The zero-order chi connectivity index (χ0) is 17.3. The van der Waals surface area contributed by atoms with E-state index in [9.17, 15) is 13.2 Å². The van der Waals surface area contributed by atoms with Crippen LogP contribution in [0.4, 0.5) is 0 Å². The maximum Gasteiger partial charge on any atom is 0.285 e. The highest BCUT2D eigenvalue weighted by Crippen LogP contribution is 2.26. The van der Waals surface area contributed by atoms with E-state index in [1.165, 1.54) is 6.07 Å². The molecule has 1 aromatic rings. The highest BCUT2D eigenvalue weighted by molar-refractivity contribution is 7.90. The van der Waals surface area contributed by atoms with Gasteiger partial charge in [0.05, 0.1) is 6.54 Å². The summed E-state index contributed by atoms with van der Waals surface area (Å²) in [5.41, 5.74) is 0.553. The lowest BCUT2D eigenvalue weighted by Gasteiger charge is -2.33. The summed E-state index contributed by atoms with van der Waals surface area (Å²) < 4.78 is 28.1. The lowest BCUT2D eigenvalue weighted by molar-refractivity contribution is -0.132. The molecule has 0 radical (unpaired) electrons. The molecule has 7 nitrogen and oxygen atoms in total. The number of carbonyl (C=O) groups is 1. The Morgan fingerprint density at radius 3 is 2.56 bits per heavy atom. The van der Waals surface area contributed by atoms with Crippen molar-refractivity contribution in [3.63, 3.8) is 0 Å². The van der Waals surface area contributed by atoms with Crippen molar-refractivity contribution in [3.05, 3.63) is 29.8 Å². The molecule has 1 fully saturated rings. The highest BCUT2D eigenvalue weighted by atomic mass is 35.5. The van der Waals surface area contributed by atoms with Gasteiger partial charge in [-0.1, -0.05) is 12.1 Å². The van der Waals surface area contributed by atoms with Crippen LogP contribution in [0.25, 0.3) is 0 Å². The van der Waals surface area contributed by atoms with Crippen molar-refractivity contribution >= 4 is 34.2 Å². The largest absolute Gasteiger partial charge is 0.349 e. The SMILES string of the molecule is CN(CC(=O)N(C)C1CCNCC1)C1=NS(=O)(=O)c2ccccc21.Cl. The first-order valence-corrected chi connectivity index (χ1v) is 9.46.